The summed E-state index contributed by atoms with van der Waals surface area (Å²) in [5.41, 5.74) is -0.323. The summed E-state index contributed by atoms with van der Waals surface area (Å²) in [6, 6.07) is 10.0. The molecule has 5 nitrogen and oxygen atoms in total. The fraction of sp³-hybridized carbons (Fsp3) is 0.417. The van der Waals surface area contributed by atoms with Crippen molar-refractivity contribution in [3.63, 3.8) is 0 Å². The number of hydrogen-bond donors (Lipinski definition) is 3. The summed E-state index contributed by atoms with van der Waals surface area (Å²) in [6.07, 6.45) is -0.901. The molecule has 0 bridgehead atoms. The SMILES string of the molecule is O=C(NCc1ccccc1C(F)(F)F)NCC1CCC(CNC(=O)c2ccc(F)cc2)CC1. The molecule has 0 saturated heterocycles. The highest BCUT2D eigenvalue weighted by atomic mass is 19.4. The molecule has 0 aliphatic heterocycles. The third-order valence-corrected chi connectivity index (χ3v) is 5.94. The lowest BCUT2D eigenvalue weighted by atomic mass is 9.82. The minimum absolute atomic E-state index is 0.0170. The van der Waals surface area contributed by atoms with Gasteiger partial charge in [-0.15, -0.1) is 0 Å². The van der Waals surface area contributed by atoms with E-state index in [1.165, 1.54) is 42.5 Å². The Morgan fingerprint density at radius 3 is 2.00 bits per heavy atom. The number of amides is 3. The second-order valence-electron chi connectivity index (χ2n) is 8.32. The maximum absolute atomic E-state index is 13.0. The zero-order valence-corrected chi connectivity index (χ0v) is 18.1. The molecule has 0 atom stereocenters. The van der Waals surface area contributed by atoms with Crippen LogP contribution in [0.2, 0.25) is 0 Å². The largest absolute Gasteiger partial charge is 0.416 e. The molecule has 0 unspecified atom stereocenters. The first-order chi connectivity index (χ1) is 15.7. The molecule has 1 fully saturated rings. The molecule has 0 aromatic heterocycles. The molecular weight excluding hydrogens is 438 g/mol. The number of halogens is 4. The van der Waals surface area contributed by atoms with Gasteiger partial charge >= 0.3 is 12.2 Å². The Hall–Kier alpha value is -3.10. The predicted octanol–water partition coefficient (Wildman–Crippen LogP) is 4.88. The Balaban J connectivity index is 1.34. The first kappa shape index (κ1) is 24.5. The van der Waals surface area contributed by atoms with Crippen molar-refractivity contribution in [1.82, 2.24) is 16.0 Å². The number of nitrogens with one attached hydrogen (secondary N) is 3. The first-order valence-electron chi connectivity index (χ1n) is 10.9. The number of rotatable bonds is 7. The Bertz CT molecular complexity index is 939. The molecule has 2 aromatic carbocycles. The molecule has 0 radical (unpaired) electrons. The molecule has 3 N–H and O–H groups in total. The first-order valence-corrected chi connectivity index (χ1v) is 10.9. The van der Waals surface area contributed by atoms with Crippen LogP contribution in [0.5, 0.6) is 0 Å². The van der Waals surface area contributed by atoms with E-state index in [9.17, 15) is 27.2 Å². The lowest BCUT2D eigenvalue weighted by molar-refractivity contribution is -0.138. The van der Waals surface area contributed by atoms with E-state index >= 15 is 0 Å². The standard InChI is InChI=1S/C24H27F4N3O2/c25-20-11-9-18(10-12-20)22(32)29-13-16-5-7-17(8-6-16)14-30-23(33)31-15-19-3-1-2-4-21(19)24(26,27)28/h1-4,9-12,16-17H,5-8,13-15H2,(H,29,32)(H2,30,31,33). The van der Waals surface area contributed by atoms with Crippen molar-refractivity contribution in [2.75, 3.05) is 13.1 Å². The van der Waals surface area contributed by atoms with Crippen LogP contribution >= 0.6 is 0 Å². The van der Waals surface area contributed by atoms with E-state index in [1.807, 2.05) is 0 Å². The van der Waals surface area contributed by atoms with Crippen LogP contribution in [0.3, 0.4) is 0 Å². The number of hydrogen-bond acceptors (Lipinski definition) is 2. The van der Waals surface area contributed by atoms with E-state index in [-0.39, 0.29) is 23.9 Å². The van der Waals surface area contributed by atoms with Gasteiger partial charge in [0.1, 0.15) is 5.82 Å². The van der Waals surface area contributed by atoms with Crippen molar-refractivity contribution < 1.29 is 27.2 Å². The van der Waals surface area contributed by atoms with Gasteiger partial charge in [0, 0.05) is 25.2 Å². The van der Waals surface area contributed by atoms with Gasteiger partial charge in [-0.1, -0.05) is 18.2 Å². The van der Waals surface area contributed by atoms with Crippen molar-refractivity contribution in [1.29, 1.82) is 0 Å². The highest BCUT2D eigenvalue weighted by Crippen LogP contribution is 2.31. The highest BCUT2D eigenvalue weighted by molar-refractivity contribution is 5.94. The van der Waals surface area contributed by atoms with E-state index in [0.29, 0.717) is 24.6 Å². The Labute approximate surface area is 189 Å². The Kier molecular flexibility index (Phi) is 8.30. The zero-order chi connectivity index (χ0) is 23.8. The molecule has 3 amide bonds. The topological polar surface area (TPSA) is 70.2 Å². The quantitative estimate of drug-likeness (QED) is 0.510. The second kappa shape index (κ2) is 11.2. The van der Waals surface area contributed by atoms with Crippen LogP contribution in [0.4, 0.5) is 22.4 Å². The van der Waals surface area contributed by atoms with Gasteiger partial charge in [-0.05, 0) is 73.4 Å². The van der Waals surface area contributed by atoms with E-state index in [2.05, 4.69) is 16.0 Å². The molecule has 0 heterocycles. The van der Waals surface area contributed by atoms with Crippen molar-refractivity contribution in [2.45, 2.75) is 38.4 Å². The second-order valence-corrected chi connectivity index (χ2v) is 8.32. The predicted molar refractivity (Wildman–Crippen MR) is 116 cm³/mol. The molecule has 33 heavy (non-hydrogen) atoms. The van der Waals surface area contributed by atoms with Crippen LogP contribution in [0.1, 0.15) is 47.2 Å². The normalized spacial score (nSPS) is 18.4. The van der Waals surface area contributed by atoms with Crippen LogP contribution in [0.15, 0.2) is 48.5 Å². The van der Waals surface area contributed by atoms with E-state index in [1.54, 1.807) is 0 Å². The van der Waals surface area contributed by atoms with E-state index < -0.39 is 23.6 Å². The maximum atomic E-state index is 13.0. The van der Waals surface area contributed by atoms with Crippen LogP contribution in [0.25, 0.3) is 0 Å². The molecular formula is C24H27F4N3O2. The molecule has 178 valence electrons. The third kappa shape index (κ3) is 7.47. The minimum Gasteiger partial charge on any atom is -0.352 e. The van der Waals surface area contributed by atoms with Gasteiger partial charge in [-0.25, -0.2) is 9.18 Å². The van der Waals surface area contributed by atoms with Crippen molar-refractivity contribution in [2.24, 2.45) is 11.8 Å². The van der Waals surface area contributed by atoms with Gasteiger partial charge in [-0.3, -0.25) is 4.79 Å². The van der Waals surface area contributed by atoms with Crippen LogP contribution in [0, 0.1) is 17.7 Å². The van der Waals surface area contributed by atoms with Gasteiger partial charge in [-0.2, -0.15) is 13.2 Å². The molecule has 1 saturated carbocycles. The minimum atomic E-state index is -4.47. The van der Waals surface area contributed by atoms with Crippen LogP contribution in [-0.4, -0.2) is 25.0 Å². The smallest absolute Gasteiger partial charge is 0.352 e. The number of benzene rings is 2. The molecule has 1 aliphatic rings. The van der Waals surface area contributed by atoms with E-state index in [0.717, 1.165) is 31.7 Å². The molecule has 9 heteroatoms. The number of alkyl halides is 3. The summed E-state index contributed by atoms with van der Waals surface area (Å²) in [7, 11) is 0. The van der Waals surface area contributed by atoms with Gasteiger partial charge in [0.25, 0.3) is 5.91 Å². The fourth-order valence-electron chi connectivity index (χ4n) is 4.01. The Morgan fingerprint density at radius 1 is 0.818 bits per heavy atom. The zero-order valence-electron chi connectivity index (χ0n) is 18.1. The lowest BCUT2D eigenvalue weighted by Crippen LogP contribution is -2.39. The van der Waals surface area contributed by atoms with Crippen molar-refractivity contribution >= 4 is 11.9 Å². The summed E-state index contributed by atoms with van der Waals surface area (Å²) < 4.78 is 52.0. The molecule has 3 rings (SSSR count). The molecule has 1 aliphatic carbocycles. The summed E-state index contributed by atoms with van der Waals surface area (Å²) in [5.74, 6) is -0.0125. The van der Waals surface area contributed by atoms with Gasteiger partial charge in [0.2, 0.25) is 0 Å². The lowest BCUT2D eigenvalue weighted by Gasteiger charge is -2.28. The van der Waals surface area contributed by atoms with E-state index in [4.69, 9.17) is 0 Å². The average molecular weight is 465 g/mol. The van der Waals surface area contributed by atoms with Crippen LogP contribution < -0.4 is 16.0 Å². The summed E-state index contributed by atoms with van der Waals surface area (Å²) in [6.45, 7) is 0.777. The highest BCUT2D eigenvalue weighted by Gasteiger charge is 2.32. The summed E-state index contributed by atoms with van der Waals surface area (Å²) >= 11 is 0. The van der Waals surface area contributed by atoms with Gasteiger partial charge in [0.05, 0.1) is 5.56 Å². The van der Waals surface area contributed by atoms with Gasteiger partial charge < -0.3 is 16.0 Å². The summed E-state index contributed by atoms with van der Waals surface area (Å²) in [5, 5.41) is 8.11. The monoisotopic (exact) mass is 465 g/mol. The molecule has 0 spiro atoms. The van der Waals surface area contributed by atoms with Crippen molar-refractivity contribution in [3.05, 3.63) is 71.0 Å². The number of carbonyl (C=O) groups is 2. The maximum Gasteiger partial charge on any atom is 0.416 e. The number of urea groups is 1. The fourth-order valence-corrected chi connectivity index (χ4v) is 4.01. The average Bonchev–Trinajstić information content (AvgIpc) is 2.80. The summed E-state index contributed by atoms with van der Waals surface area (Å²) in [4.78, 5) is 24.2. The number of carbonyl (C=O) groups excluding carboxylic acids is 2. The van der Waals surface area contributed by atoms with Crippen LogP contribution in [-0.2, 0) is 12.7 Å². The Morgan fingerprint density at radius 2 is 1.39 bits per heavy atom. The third-order valence-electron chi connectivity index (χ3n) is 5.94. The molecule has 2 aromatic rings. The van der Waals surface area contributed by atoms with Gasteiger partial charge in [0.15, 0.2) is 0 Å². The van der Waals surface area contributed by atoms with Crippen molar-refractivity contribution in [3.8, 4) is 0 Å².